The fraction of sp³-hybridized carbons (Fsp3) is 0.357. The Morgan fingerprint density at radius 1 is 1.48 bits per heavy atom. The molecule has 2 heterocycles. The van der Waals surface area contributed by atoms with Crippen molar-refractivity contribution < 1.29 is 18.8 Å². The van der Waals surface area contributed by atoms with Gasteiger partial charge in [-0.25, -0.2) is 4.79 Å². The third kappa shape index (κ3) is 3.02. The van der Waals surface area contributed by atoms with E-state index in [1.54, 1.807) is 25.6 Å². The molecular weight excluding hydrogens is 292 g/mol. The fourth-order valence-corrected chi connectivity index (χ4v) is 2.88. The summed E-state index contributed by atoms with van der Waals surface area (Å²) in [6.45, 7) is 3.40. The summed E-state index contributed by atoms with van der Waals surface area (Å²) in [6, 6.07) is 7.61. The largest absolute Gasteiger partial charge is 0.477 e. The van der Waals surface area contributed by atoms with Gasteiger partial charge >= 0.3 is 5.97 Å². The van der Waals surface area contributed by atoms with Gasteiger partial charge in [0.2, 0.25) is 6.10 Å². The molecule has 0 radical (unpaired) electrons. The van der Waals surface area contributed by atoms with E-state index in [0.29, 0.717) is 17.3 Å². The van der Waals surface area contributed by atoms with E-state index in [1.165, 1.54) is 0 Å². The summed E-state index contributed by atoms with van der Waals surface area (Å²) < 4.78 is 16.0. The van der Waals surface area contributed by atoms with Gasteiger partial charge in [-0.1, -0.05) is 17.3 Å². The van der Waals surface area contributed by atoms with Crippen molar-refractivity contribution in [1.82, 2.24) is 10.1 Å². The third-order valence-corrected chi connectivity index (χ3v) is 4.07. The van der Waals surface area contributed by atoms with Gasteiger partial charge in [-0.05, 0) is 26.0 Å². The first-order valence-electron chi connectivity index (χ1n) is 6.52. The first-order chi connectivity index (χ1) is 10.1. The summed E-state index contributed by atoms with van der Waals surface area (Å²) in [5.41, 5.74) is 0. The summed E-state index contributed by atoms with van der Waals surface area (Å²) >= 11 is 1.57. The number of nitrogens with zero attached hydrogens (tertiary/aromatic N) is 2. The van der Waals surface area contributed by atoms with Crippen molar-refractivity contribution in [1.29, 1.82) is 0 Å². The SMILES string of the molecule is Cc1noc([C@@H](C)OC(=O)[C@H]2CSc3ccccc3O2)n1. The highest BCUT2D eigenvalue weighted by molar-refractivity contribution is 7.99. The molecule has 0 fully saturated rings. The molecule has 0 saturated heterocycles. The zero-order chi connectivity index (χ0) is 14.8. The summed E-state index contributed by atoms with van der Waals surface area (Å²) in [5.74, 6) is 1.58. The minimum atomic E-state index is -0.628. The summed E-state index contributed by atoms with van der Waals surface area (Å²) in [4.78, 5) is 17.2. The third-order valence-electron chi connectivity index (χ3n) is 2.96. The van der Waals surface area contributed by atoms with Crippen molar-refractivity contribution in [3.05, 3.63) is 36.0 Å². The van der Waals surface area contributed by atoms with Crippen LogP contribution in [0.2, 0.25) is 0 Å². The number of aryl methyl sites for hydroxylation is 1. The van der Waals surface area contributed by atoms with E-state index in [2.05, 4.69) is 10.1 Å². The Morgan fingerprint density at radius 3 is 3.05 bits per heavy atom. The fourth-order valence-electron chi connectivity index (χ4n) is 1.91. The second kappa shape index (κ2) is 5.77. The molecular formula is C14H14N2O4S. The van der Waals surface area contributed by atoms with Crippen molar-refractivity contribution >= 4 is 17.7 Å². The zero-order valence-corrected chi connectivity index (χ0v) is 12.4. The second-order valence-electron chi connectivity index (χ2n) is 4.62. The van der Waals surface area contributed by atoms with Gasteiger partial charge in [0.15, 0.2) is 11.9 Å². The number of hydrogen-bond acceptors (Lipinski definition) is 7. The molecule has 1 aliphatic rings. The number of benzene rings is 1. The maximum absolute atomic E-state index is 12.1. The summed E-state index contributed by atoms with van der Waals surface area (Å²) in [5, 5.41) is 3.67. The molecule has 0 spiro atoms. The van der Waals surface area contributed by atoms with Crippen LogP contribution in [0.25, 0.3) is 0 Å². The van der Waals surface area contributed by atoms with E-state index < -0.39 is 18.2 Å². The van der Waals surface area contributed by atoms with Crippen molar-refractivity contribution in [3.63, 3.8) is 0 Å². The number of rotatable bonds is 3. The molecule has 0 bridgehead atoms. The molecule has 2 atom stereocenters. The molecule has 6 nitrogen and oxygen atoms in total. The molecule has 0 unspecified atom stereocenters. The van der Waals surface area contributed by atoms with E-state index in [-0.39, 0.29) is 5.89 Å². The standard InChI is InChI=1S/C14H14N2O4S/c1-8(13-15-9(2)16-20-13)18-14(17)11-7-21-12-6-4-3-5-10(12)19-11/h3-6,8,11H,7H2,1-2H3/t8-,11-/m1/s1. The number of fused-ring (bicyclic) bond motifs is 1. The van der Waals surface area contributed by atoms with Crippen LogP contribution in [0.4, 0.5) is 0 Å². The number of ether oxygens (including phenoxy) is 2. The van der Waals surface area contributed by atoms with Gasteiger partial charge in [0.25, 0.3) is 5.89 Å². The van der Waals surface area contributed by atoms with Crippen LogP contribution in [-0.2, 0) is 9.53 Å². The summed E-state index contributed by atoms with van der Waals surface area (Å²) in [6.07, 6.45) is -1.22. The van der Waals surface area contributed by atoms with Crippen LogP contribution >= 0.6 is 11.8 Å². The lowest BCUT2D eigenvalue weighted by Gasteiger charge is -2.24. The maximum atomic E-state index is 12.1. The topological polar surface area (TPSA) is 74.5 Å². The Bertz CT molecular complexity index is 658. The van der Waals surface area contributed by atoms with Gasteiger partial charge < -0.3 is 14.0 Å². The van der Waals surface area contributed by atoms with Crippen molar-refractivity contribution in [2.45, 2.75) is 31.0 Å². The average molecular weight is 306 g/mol. The van der Waals surface area contributed by atoms with Crippen molar-refractivity contribution in [2.24, 2.45) is 0 Å². The normalized spacial score (nSPS) is 18.5. The minimum absolute atomic E-state index is 0.282. The molecule has 0 amide bonds. The molecule has 1 aliphatic heterocycles. The molecule has 7 heteroatoms. The Morgan fingerprint density at radius 2 is 2.29 bits per heavy atom. The average Bonchev–Trinajstić information content (AvgIpc) is 2.93. The van der Waals surface area contributed by atoms with Crippen LogP contribution in [0.15, 0.2) is 33.7 Å². The first kappa shape index (κ1) is 13.9. The Hall–Kier alpha value is -2.02. The van der Waals surface area contributed by atoms with Crippen LogP contribution in [0, 0.1) is 6.92 Å². The monoisotopic (exact) mass is 306 g/mol. The lowest BCUT2D eigenvalue weighted by molar-refractivity contribution is -0.157. The second-order valence-corrected chi connectivity index (χ2v) is 5.69. The van der Waals surface area contributed by atoms with Gasteiger partial charge in [0, 0.05) is 10.6 Å². The molecule has 0 N–H and O–H groups in total. The van der Waals surface area contributed by atoms with Gasteiger partial charge in [-0.3, -0.25) is 0 Å². The molecule has 3 rings (SSSR count). The van der Waals surface area contributed by atoms with Crippen molar-refractivity contribution in [3.8, 4) is 5.75 Å². The Kier molecular flexibility index (Phi) is 3.83. The van der Waals surface area contributed by atoms with Gasteiger partial charge in [0.1, 0.15) is 5.75 Å². The van der Waals surface area contributed by atoms with E-state index >= 15 is 0 Å². The predicted octanol–water partition coefficient (Wildman–Crippen LogP) is 2.54. The molecule has 1 aromatic heterocycles. The van der Waals surface area contributed by atoms with E-state index in [1.807, 2.05) is 24.3 Å². The Balaban J connectivity index is 1.64. The first-order valence-corrected chi connectivity index (χ1v) is 7.51. The van der Waals surface area contributed by atoms with Gasteiger partial charge in [-0.15, -0.1) is 11.8 Å². The molecule has 0 saturated carbocycles. The molecule has 0 aliphatic carbocycles. The summed E-state index contributed by atoms with van der Waals surface area (Å²) in [7, 11) is 0. The molecule has 1 aromatic carbocycles. The number of carbonyl (C=O) groups excluding carboxylic acids is 1. The number of carbonyl (C=O) groups is 1. The van der Waals surface area contributed by atoms with Crippen LogP contribution in [0.5, 0.6) is 5.75 Å². The van der Waals surface area contributed by atoms with E-state index in [0.717, 1.165) is 4.90 Å². The minimum Gasteiger partial charge on any atom is -0.477 e. The van der Waals surface area contributed by atoms with Crippen LogP contribution in [-0.4, -0.2) is 28.0 Å². The van der Waals surface area contributed by atoms with Crippen molar-refractivity contribution in [2.75, 3.05) is 5.75 Å². The smallest absolute Gasteiger partial charge is 0.349 e. The predicted molar refractivity (Wildman–Crippen MR) is 75.1 cm³/mol. The highest BCUT2D eigenvalue weighted by atomic mass is 32.2. The number of aromatic nitrogens is 2. The lowest BCUT2D eigenvalue weighted by atomic mass is 10.3. The highest BCUT2D eigenvalue weighted by Crippen LogP contribution is 2.35. The van der Waals surface area contributed by atoms with Crippen LogP contribution in [0.1, 0.15) is 24.7 Å². The highest BCUT2D eigenvalue weighted by Gasteiger charge is 2.30. The maximum Gasteiger partial charge on any atom is 0.349 e. The van der Waals surface area contributed by atoms with E-state index in [9.17, 15) is 4.79 Å². The van der Waals surface area contributed by atoms with Crippen LogP contribution in [0.3, 0.4) is 0 Å². The number of hydrogen-bond donors (Lipinski definition) is 0. The molecule has 21 heavy (non-hydrogen) atoms. The van der Waals surface area contributed by atoms with Gasteiger partial charge in [-0.2, -0.15) is 4.98 Å². The quantitative estimate of drug-likeness (QED) is 0.807. The van der Waals surface area contributed by atoms with E-state index in [4.69, 9.17) is 14.0 Å². The number of thioether (sulfide) groups is 1. The Labute approximate surface area is 125 Å². The molecule has 110 valence electrons. The zero-order valence-electron chi connectivity index (χ0n) is 11.6. The number of para-hydroxylation sites is 1. The van der Waals surface area contributed by atoms with Crippen LogP contribution < -0.4 is 4.74 Å². The number of esters is 1. The van der Waals surface area contributed by atoms with Gasteiger partial charge in [0.05, 0.1) is 0 Å². The molecule has 2 aromatic rings. The lowest BCUT2D eigenvalue weighted by Crippen LogP contribution is -2.34.